The fourth-order valence-electron chi connectivity index (χ4n) is 4.30. The summed E-state index contributed by atoms with van der Waals surface area (Å²) in [6, 6.07) is 8.01. The molecule has 1 aliphatic carbocycles. The second kappa shape index (κ2) is 12.9. The topological polar surface area (TPSA) is 120 Å². The molecule has 192 valence electrons. The average molecular weight is 496 g/mol. The lowest BCUT2D eigenvalue weighted by molar-refractivity contribution is -0.124. The smallest absolute Gasteiger partial charge is 0.268 e. The fraction of sp³-hybridized carbons (Fsp3) is 0.481. The van der Waals surface area contributed by atoms with E-state index in [1.165, 1.54) is 30.0 Å². The molecular weight excluding hydrogens is 462 g/mol. The monoisotopic (exact) mass is 495 g/mol. The second-order valence-electron chi connectivity index (χ2n) is 9.10. The number of amides is 1. The summed E-state index contributed by atoms with van der Waals surface area (Å²) in [5.74, 6) is 0.618. The van der Waals surface area contributed by atoms with E-state index in [9.17, 15) is 19.6 Å². The van der Waals surface area contributed by atoms with Crippen LogP contribution in [0.4, 0.5) is 0 Å². The molecule has 2 aromatic rings. The zero-order valence-corrected chi connectivity index (χ0v) is 21.0. The summed E-state index contributed by atoms with van der Waals surface area (Å²) in [5, 5.41) is 12.4. The van der Waals surface area contributed by atoms with Crippen molar-refractivity contribution in [2.75, 3.05) is 27.4 Å². The maximum Gasteiger partial charge on any atom is 0.268 e. The molecule has 0 atom stereocenters. The molecule has 0 bridgehead atoms. The maximum atomic E-state index is 13.5. The van der Waals surface area contributed by atoms with Gasteiger partial charge in [-0.3, -0.25) is 14.4 Å². The lowest BCUT2D eigenvalue weighted by Gasteiger charge is -2.26. The highest BCUT2D eigenvalue weighted by atomic mass is 16.5. The van der Waals surface area contributed by atoms with E-state index < -0.39 is 11.3 Å². The van der Waals surface area contributed by atoms with Crippen LogP contribution in [0.5, 0.6) is 11.5 Å². The number of pyridine rings is 1. The highest BCUT2D eigenvalue weighted by Crippen LogP contribution is 2.27. The molecule has 1 amide bonds. The van der Waals surface area contributed by atoms with Crippen LogP contribution in [0.3, 0.4) is 0 Å². The molecule has 1 aromatic heterocycles. The number of aryl methyl sites for hydroxylation is 1. The Balaban J connectivity index is 1.81. The molecule has 0 unspecified atom stereocenters. The van der Waals surface area contributed by atoms with Gasteiger partial charge in [0.25, 0.3) is 11.5 Å². The number of carbonyl (C=O) groups excluding carboxylic acids is 2. The molecule has 36 heavy (non-hydrogen) atoms. The van der Waals surface area contributed by atoms with Gasteiger partial charge in [0.1, 0.15) is 23.1 Å². The molecule has 0 saturated heterocycles. The standard InChI is InChI=1S/C27H33N3O6/c1-18-5-7-21(8-6-18)29-25(31)17-36-24-10-9-22(35-3)14-23(24)26(32)20-13-19(15-28)27(33)30(16-20)11-4-12-34-2/h9-10,13-14,16,18,21H,4-8,11-12,17H2,1-3H3,(H,29,31). The van der Waals surface area contributed by atoms with Crippen molar-refractivity contribution in [2.24, 2.45) is 5.92 Å². The lowest BCUT2D eigenvalue weighted by Crippen LogP contribution is -2.39. The first kappa shape index (κ1) is 27.0. The van der Waals surface area contributed by atoms with Crippen LogP contribution in [0.25, 0.3) is 0 Å². The van der Waals surface area contributed by atoms with Gasteiger partial charge in [-0.15, -0.1) is 0 Å². The van der Waals surface area contributed by atoms with Crippen LogP contribution in [0, 0.1) is 17.2 Å². The molecule has 1 N–H and O–H groups in total. The van der Waals surface area contributed by atoms with Gasteiger partial charge in [-0.25, -0.2) is 0 Å². The Morgan fingerprint density at radius 1 is 1.17 bits per heavy atom. The molecule has 1 saturated carbocycles. The van der Waals surface area contributed by atoms with E-state index in [1.807, 2.05) is 6.07 Å². The molecule has 9 heteroatoms. The number of hydrogen-bond donors (Lipinski definition) is 1. The molecule has 3 rings (SSSR count). The van der Waals surface area contributed by atoms with Crippen molar-refractivity contribution in [2.45, 2.75) is 51.6 Å². The van der Waals surface area contributed by atoms with E-state index in [4.69, 9.17) is 14.2 Å². The number of hydrogen-bond acceptors (Lipinski definition) is 7. The largest absolute Gasteiger partial charge is 0.497 e. The molecule has 1 fully saturated rings. The Hall–Kier alpha value is -3.64. The van der Waals surface area contributed by atoms with Crippen molar-refractivity contribution < 1.29 is 23.8 Å². The first-order valence-corrected chi connectivity index (χ1v) is 12.1. The van der Waals surface area contributed by atoms with Crippen LogP contribution in [0.2, 0.25) is 0 Å². The van der Waals surface area contributed by atoms with E-state index in [2.05, 4.69) is 12.2 Å². The van der Waals surface area contributed by atoms with Crippen LogP contribution in [0.1, 0.15) is 60.5 Å². The third-order valence-electron chi connectivity index (χ3n) is 6.39. The Labute approximate surface area is 211 Å². The van der Waals surface area contributed by atoms with Gasteiger partial charge < -0.3 is 24.1 Å². The number of benzene rings is 1. The number of nitriles is 1. The number of methoxy groups -OCH3 is 2. The zero-order valence-electron chi connectivity index (χ0n) is 21.0. The van der Waals surface area contributed by atoms with E-state index in [0.29, 0.717) is 31.2 Å². The van der Waals surface area contributed by atoms with Crippen LogP contribution >= 0.6 is 0 Å². The van der Waals surface area contributed by atoms with Gasteiger partial charge in [-0.1, -0.05) is 6.92 Å². The molecule has 1 heterocycles. The van der Waals surface area contributed by atoms with E-state index in [-0.39, 0.29) is 41.0 Å². The number of ether oxygens (including phenoxy) is 3. The third kappa shape index (κ3) is 6.95. The van der Waals surface area contributed by atoms with E-state index >= 15 is 0 Å². The minimum absolute atomic E-state index is 0.134. The van der Waals surface area contributed by atoms with Crippen LogP contribution in [-0.2, 0) is 16.1 Å². The number of nitrogens with zero attached hydrogens (tertiary/aromatic N) is 2. The predicted molar refractivity (Wildman–Crippen MR) is 133 cm³/mol. The Bertz CT molecular complexity index is 1180. The van der Waals surface area contributed by atoms with Crippen molar-refractivity contribution in [1.82, 2.24) is 9.88 Å². The van der Waals surface area contributed by atoms with Crippen LogP contribution in [0.15, 0.2) is 35.3 Å². The number of ketones is 1. The second-order valence-corrected chi connectivity index (χ2v) is 9.10. The van der Waals surface area contributed by atoms with Gasteiger partial charge in [-0.2, -0.15) is 5.26 Å². The molecule has 1 aromatic carbocycles. The summed E-state index contributed by atoms with van der Waals surface area (Å²) in [6.45, 7) is 2.71. The molecule has 9 nitrogen and oxygen atoms in total. The Morgan fingerprint density at radius 3 is 2.58 bits per heavy atom. The number of carbonyl (C=O) groups is 2. The van der Waals surface area contributed by atoms with Crippen LogP contribution in [-0.4, -0.2) is 49.7 Å². The van der Waals surface area contributed by atoms with Gasteiger partial charge in [-0.05, 0) is 62.3 Å². The number of nitrogens with one attached hydrogen (secondary N) is 1. The SMILES string of the molecule is COCCCn1cc(C(=O)c2cc(OC)ccc2OCC(=O)NC2CCC(C)CC2)cc(C#N)c1=O. The quantitative estimate of drug-likeness (QED) is 0.376. The maximum absolute atomic E-state index is 13.5. The Morgan fingerprint density at radius 2 is 1.92 bits per heavy atom. The van der Waals surface area contributed by atoms with Gasteiger partial charge in [0.2, 0.25) is 0 Å². The minimum atomic E-state index is -0.471. The normalized spacial score (nSPS) is 17.2. The first-order valence-electron chi connectivity index (χ1n) is 12.1. The van der Waals surface area contributed by atoms with Crippen molar-refractivity contribution in [3.8, 4) is 17.6 Å². The fourth-order valence-corrected chi connectivity index (χ4v) is 4.30. The number of rotatable bonds is 11. The highest BCUT2D eigenvalue weighted by molar-refractivity contribution is 6.11. The van der Waals surface area contributed by atoms with Gasteiger partial charge in [0.15, 0.2) is 12.4 Å². The summed E-state index contributed by atoms with van der Waals surface area (Å²) in [5.41, 5.74) is -0.284. The summed E-state index contributed by atoms with van der Waals surface area (Å²) in [4.78, 5) is 38.5. The zero-order chi connectivity index (χ0) is 26.1. The van der Waals surface area contributed by atoms with Crippen molar-refractivity contribution in [3.05, 3.63) is 57.5 Å². The third-order valence-corrected chi connectivity index (χ3v) is 6.39. The van der Waals surface area contributed by atoms with Gasteiger partial charge in [0, 0.05) is 38.1 Å². The molecular formula is C27H33N3O6. The summed E-state index contributed by atoms with van der Waals surface area (Å²) < 4.78 is 17.4. The minimum Gasteiger partial charge on any atom is -0.497 e. The van der Waals surface area contributed by atoms with Gasteiger partial charge >= 0.3 is 0 Å². The van der Waals surface area contributed by atoms with Crippen molar-refractivity contribution in [3.63, 3.8) is 0 Å². The Kier molecular flexibility index (Phi) is 9.65. The van der Waals surface area contributed by atoms with Crippen molar-refractivity contribution in [1.29, 1.82) is 5.26 Å². The predicted octanol–water partition coefficient (Wildman–Crippen LogP) is 3.07. The van der Waals surface area contributed by atoms with Crippen LogP contribution < -0.4 is 20.3 Å². The highest BCUT2D eigenvalue weighted by Gasteiger charge is 2.22. The van der Waals surface area contributed by atoms with Crippen molar-refractivity contribution >= 4 is 11.7 Å². The molecule has 0 radical (unpaired) electrons. The van der Waals surface area contributed by atoms with E-state index in [0.717, 1.165) is 25.7 Å². The molecule has 0 spiro atoms. The molecule has 0 aliphatic heterocycles. The lowest BCUT2D eigenvalue weighted by atomic mass is 9.87. The van der Waals surface area contributed by atoms with E-state index in [1.54, 1.807) is 19.2 Å². The van der Waals surface area contributed by atoms with Gasteiger partial charge in [0.05, 0.1) is 12.7 Å². The molecule has 1 aliphatic rings. The summed E-state index contributed by atoms with van der Waals surface area (Å²) in [6.07, 6.45) is 6.03. The number of aromatic nitrogens is 1. The summed E-state index contributed by atoms with van der Waals surface area (Å²) in [7, 11) is 3.04. The summed E-state index contributed by atoms with van der Waals surface area (Å²) >= 11 is 0. The average Bonchev–Trinajstić information content (AvgIpc) is 2.89. The first-order chi connectivity index (χ1) is 17.4.